The first kappa shape index (κ1) is 15.9. The predicted molar refractivity (Wildman–Crippen MR) is 71.5 cm³/mol. The SMILES string of the molecule is COCCOCC(O)CN1CC(CN)CCC1C. The molecule has 5 nitrogen and oxygen atoms in total. The second-order valence-electron chi connectivity index (χ2n) is 5.20. The summed E-state index contributed by atoms with van der Waals surface area (Å²) in [5.74, 6) is 0.572. The summed E-state index contributed by atoms with van der Waals surface area (Å²) in [5, 5.41) is 9.94. The summed E-state index contributed by atoms with van der Waals surface area (Å²) in [6.45, 7) is 6.10. The second kappa shape index (κ2) is 8.82. The molecule has 0 saturated carbocycles. The van der Waals surface area contributed by atoms with Crippen molar-refractivity contribution in [2.75, 3.05) is 46.6 Å². The maximum Gasteiger partial charge on any atom is 0.0900 e. The highest BCUT2D eigenvalue weighted by molar-refractivity contribution is 4.80. The molecule has 1 aliphatic heterocycles. The number of aliphatic hydroxyl groups is 1. The van der Waals surface area contributed by atoms with E-state index in [-0.39, 0.29) is 0 Å². The molecule has 0 bridgehead atoms. The summed E-state index contributed by atoms with van der Waals surface area (Å²) < 4.78 is 10.2. The third-order valence-corrected chi connectivity index (χ3v) is 3.63. The van der Waals surface area contributed by atoms with Crippen LogP contribution in [0.25, 0.3) is 0 Å². The molecule has 3 unspecified atom stereocenters. The first-order chi connectivity index (χ1) is 8.67. The molecule has 18 heavy (non-hydrogen) atoms. The molecule has 0 spiro atoms. The second-order valence-corrected chi connectivity index (χ2v) is 5.20. The maximum atomic E-state index is 9.94. The minimum Gasteiger partial charge on any atom is -0.389 e. The Bertz CT molecular complexity index is 216. The lowest BCUT2D eigenvalue weighted by molar-refractivity contribution is -0.0137. The topological polar surface area (TPSA) is 68.0 Å². The molecule has 3 atom stereocenters. The Hall–Kier alpha value is -0.200. The Kier molecular flexibility index (Phi) is 7.77. The van der Waals surface area contributed by atoms with Crippen molar-refractivity contribution in [1.82, 2.24) is 4.90 Å². The van der Waals surface area contributed by atoms with Crippen molar-refractivity contribution >= 4 is 0 Å². The van der Waals surface area contributed by atoms with Crippen LogP contribution in [0, 0.1) is 5.92 Å². The summed E-state index contributed by atoms with van der Waals surface area (Å²) in [6.07, 6.45) is 1.94. The van der Waals surface area contributed by atoms with Gasteiger partial charge in [-0.1, -0.05) is 0 Å². The van der Waals surface area contributed by atoms with E-state index >= 15 is 0 Å². The van der Waals surface area contributed by atoms with Crippen LogP contribution in [0.2, 0.25) is 0 Å². The number of likely N-dealkylation sites (tertiary alicyclic amines) is 1. The van der Waals surface area contributed by atoms with Gasteiger partial charge in [0.2, 0.25) is 0 Å². The largest absolute Gasteiger partial charge is 0.389 e. The van der Waals surface area contributed by atoms with Gasteiger partial charge in [0.25, 0.3) is 0 Å². The van der Waals surface area contributed by atoms with Gasteiger partial charge in [-0.2, -0.15) is 0 Å². The molecule has 3 N–H and O–H groups in total. The Balaban J connectivity index is 2.22. The van der Waals surface area contributed by atoms with Crippen molar-refractivity contribution in [3.05, 3.63) is 0 Å². The molecular weight excluding hydrogens is 232 g/mol. The lowest BCUT2D eigenvalue weighted by Gasteiger charge is -2.38. The quantitative estimate of drug-likeness (QED) is 0.605. The van der Waals surface area contributed by atoms with Gasteiger partial charge in [-0.25, -0.2) is 0 Å². The van der Waals surface area contributed by atoms with Gasteiger partial charge in [0.15, 0.2) is 0 Å². The van der Waals surface area contributed by atoms with Gasteiger partial charge < -0.3 is 20.3 Å². The molecule has 5 heteroatoms. The van der Waals surface area contributed by atoms with Crippen LogP contribution >= 0.6 is 0 Å². The van der Waals surface area contributed by atoms with Crippen LogP contribution in [0.1, 0.15) is 19.8 Å². The number of rotatable bonds is 8. The fourth-order valence-electron chi connectivity index (χ4n) is 2.39. The lowest BCUT2D eigenvalue weighted by Crippen LogP contribution is -2.47. The smallest absolute Gasteiger partial charge is 0.0900 e. The highest BCUT2D eigenvalue weighted by Gasteiger charge is 2.25. The summed E-state index contributed by atoms with van der Waals surface area (Å²) >= 11 is 0. The molecule has 0 amide bonds. The summed E-state index contributed by atoms with van der Waals surface area (Å²) in [6, 6.07) is 0.529. The third-order valence-electron chi connectivity index (χ3n) is 3.63. The summed E-state index contributed by atoms with van der Waals surface area (Å²) in [5.41, 5.74) is 5.73. The van der Waals surface area contributed by atoms with Gasteiger partial charge in [-0.05, 0) is 32.2 Å². The first-order valence-electron chi connectivity index (χ1n) is 6.86. The van der Waals surface area contributed by atoms with Crippen LogP contribution in [-0.4, -0.2) is 68.7 Å². The van der Waals surface area contributed by atoms with Crippen molar-refractivity contribution < 1.29 is 14.6 Å². The molecule has 1 aliphatic rings. The van der Waals surface area contributed by atoms with Crippen molar-refractivity contribution in [3.8, 4) is 0 Å². The van der Waals surface area contributed by atoms with E-state index in [0.717, 1.165) is 13.1 Å². The molecule has 0 aromatic heterocycles. The van der Waals surface area contributed by atoms with E-state index in [0.29, 0.717) is 38.3 Å². The molecule has 0 aromatic carbocycles. The summed E-state index contributed by atoms with van der Waals surface area (Å²) in [4.78, 5) is 2.32. The molecule has 1 heterocycles. The van der Waals surface area contributed by atoms with Gasteiger partial charge in [0, 0.05) is 26.2 Å². The number of nitrogens with two attached hydrogens (primary N) is 1. The standard InChI is InChI=1S/C13H28N2O3/c1-11-3-4-12(7-14)8-15(11)9-13(16)10-18-6-5-17-2/h11-13,16H,3-10,14H2,1-2H3. The first-order valence-corrected chi connectivity index (χ1v) is 6.86. The van der Waals surface area contributed by atoms with Crippen molar-refractivity contribution in [2.24, 2.45) is 11.7 Å². The number of ether oxygens (including phenoxy) is 2. The molecule has 1 fully saturated rings. The third kappa shape index (κ3) is 5.63. The molecule has 0 aromatic rings. The number of piperidine rings is 1. The number of hydrogen-bond donors (Lipinski definition) is 2. The highest BCUT2D eigenvalue weighted by Crippen LogP contribution is 2.21. The van der Waals surface area contributed by atoms with Gasteiger partial charge in [0.05, 0.1) is 25.9 Å². The van der Waals surface area contributed by atoms with Crippen molar-refractivity contribution in [1.29, 1.82) is 0 Å². The lowest BCUT2D eigenvalue weighted by atomic mass is 9.93. The van der Waals surface area contributed by atoms with Crippen LogP contribution in [0.15, 0.2) is 0 Å². The minimum atomic E-state index is -0.430. The van der Waals surface area contributed by atoms with E-state index in [2.05, 4.69) is 11.8 Å². The van der Waals surface area contributed by atoms with Crippen LogP contribution in [-0.2, 0) is 9.47 Å². The molecule has 1 rings (SSSR count). The number of nitrogens with zero attached hydrogens (tertiary/aromatic N) is 1. The fourth-order valence-corrected chi connectivity index (χ4v) is 2.39. The Morgan fingerprint density at radius 2 is 2.17 bits per heavy atom. The molecule has 0 radical (unpaired) electrons. The van der Waals surface area contributed by atoms with Crippen molar-refractivity contribution in [2.45, 2.75) is 31.9 Å². The van der Waals surface area contributed by atoms with Crippen LogP contribution in [0.4, 0.5) is 0 Å². The van der Waals surface area contributed by atoms with E-state index in [1.807, 2.05) is 0 Å². The zero-order chi connectivity index (χ0) is 13.4. The van der Waals surface area contributed by atoms with E-state index in [9.17, 15) is 5.11 Å². The molecule has 108 valence electrons. The molecular formula is C13H28N2O3. The van der Waals surface area contributed by atoms with E-state index < -0.39 is 6.10 Å². The van der Waals surface area contributed by atoms with Gasteiger partial charge in [-0.3, -0.25) is 4.90 Å². The molecule has 0 aliphatic carbocycles. The van der Waals surface area contributed by atoms with Crippen LogP contribution < -0.4 is 5.73 Å². The van der Waals surface area contributed by atoms with E-state index in [1.165, 1.54) is 12.8 Å². The Labute approximate surface area is 110 Å². The minimum absolute atomic E-state index is 0.375. The Morgan fingerprint density at radius 1 is 1.39 bits per heavy atom. The van der Waals surface area contributed by atoms with E-state index in [4.69, 9.17) is 15.2 Å². The monoisotopic (exact) mass is 260 g/mol. The fraction of sp³-hybridized carbons (Fsp3) is 1.00. The maximum absolute atomic E-state index is 9.94. The van der Waals surface area contributed by atoms with Crippen LogP contribution in [0.3, 0.4) is 0 Å². The molecule has 1 saturated heterocycles. The Morgan fingerprint density at radius 3 is 2.83 bits per heavy atom. The highest BCUT2D eigenvalue weighted by atomic mass is 16.5. The van der Waals surface area contributed by atoms with Gasteiger partial charge in [-0.15, -0.1) is 0 Å². The number of β-amino-alcohol motifs (C(OH)–C–C–N with tert-alkyl or cyclic N) is 1. The normalized spacial score (nSPS) is 27.3. The number of methoxy groups -OCH3 is 1. The zero-order valence-electron chi connectivity index (χ0n) is 11.7. The zero-order valence-corrected chi connectivity index (χ0v) is 11.7. The number of aliphatic hydroxyl groups excluding tert-OH is 1. The average molecular weight is 260 g/mol. The average Bonchev–Trinajstić information content (AvgIpc) is 2.37. The van der Waals surface area contributed by atoms with Crippen LogP contribution in [0.5, 0.6) is 0 Å². The van der Waals surface area contributed by atoms with E-state index in [1.54, 1.807) is 7.11 Å². The van der Waals surface area contributed by atoms with Gasteiger partial charge >= 0.3 is 0 Å². The predicted octanol–water partition coefficient (Wildman–Crippen LogP) is 0.0695. The summed E-state index contributed by atoms with van der Waals surface area (Å²) in [7, 11) is 1.64. The number of hydrogen-bond acceptors (Lipinski definition) is 5. The van der Waals surface area contributed by atoms with Gasteiger partial charge in [0.1, 0.15) is 0 Å². The van der Waals surface area contributed by atoms with Crippen molar-refractivity contribution in [3.63, 3.8) is 0 Å².